The molecule has 0 unspecified atom stereocenters. The van der Waals surface area contributed by atoms with E-state index in [9.17, 15) is 13.2 Å². The molecule has 0 aliphatic heterocycles. The Hall–Kier alpha value is -0.930. The summed E-state index contributed by atoms with van der Waals surface area (Å²) in [6.45, 7) is -0.429. The van der Waals surface area contributed by atoms with Crippen LogP contribution in [0.1, 0.15) is 0 Å². The molecule has 82 valence electrons. The maximum atomic E-state index is 10.2. The van der Waals surface area contributed by atoms with E-state index < -0.39 is 21.8 Å². The molecule has 0 radical (unpaired) electrons. The summed E-state index contributed by atoms with van der Waals surface area (Å²) in [5.74, 6) is -1.56. The van der Waals surface area contributed by atoms with Gasteiger partial charge in [-0.05, 0) is 12.2 Å². The maximum absolute atomic E-state index is 10.2. The van der Waals surface area contributed by atoms with Crippen LogP contribution in [-0.4, -0.2) is 48.0 Å². The van der Waals surface area contributed by atoms with Gasteiger partial charge in [-0.15, -0.1) is 0 Å². The van der Waals surface area contributed by atoms with Crippen LogP contribution in [0.15, 0.2) is 0 Å². The lowest BCUT2D eigenvalue weighted by Crippen LogP contribution is -2.40. The number of thiocarbonyl (C=S) groups is 1. The van der Waals surface area contributed by atoms with Crippen LogP contribution in [0, 0.1) is 0 Å². The van der Waals surface area contributed by atoms with Crippen molar-refractivity contribution >= 4 is 33.4 Å². The normalized spacial score (nSPS) is 10.6. The largest absolute Gasteiger partial charge is 0.480 e. The zero-order chi connectivity index (χ0) is 11.2. The Bertz CT molecular complexity index is 312. The molecule has 14 heavy (non-hydrogen) atoms. The van der Waals surface area contributed by atoms with Gasteiger partial charge in [0.05, 0.1) is 5.75 Å². The highest BCUT2D eigenvalue weighted by molar-refractivity contribution is 7.85. The molecule has 0 aromatic rings. The lowest BCUT2D eigenvalue weighted by Gasteiger charge is -2.06. The first-order valence-corrected chi connectivity index (χ1v) is 5.51. The van der Waals surface area contributed by atoms with Crippen LogP contribution in [0.2, 0.25) is 0 Å². The summed E-state index contributed by atoms with van der Waals surface area (Å²) in [5.41, 5.74) is 0. The van der Waals surface area contributed by atoms with E-state index in [1.807, 2.05) is 0 Å². The molecule has 0 amide bonds. The van der Waals surface area contributed by atoms with Crippen LogP contribution in [0.4, 0.5) is 0 Å². The van der Waals surface area contributed by atoms with Gasteiger partial charge >= 0.3 is 5.97 Å². The van der Waals surface area contributed by atoms with E-state index >= 15 is 0 Å². The second-order valence-corrected chi connectivity index (χ2v) is 4.27. The van der Waals surface area contributed by atoms with Gasteiger partial charge in [-0.25, -0.2) is 0 Å². The van der Waals surface area contributed by atoms with Crippen LogP contribution in [0.5, 0.6) is 0 Å². The summed E-state index contributed by atoms with van der Waals surface area (Å²) in [6, 6.07) is 0. The molecule has 0 rings (SSSR count). The van der Waals surface area contributed by atoms with Crippen LogP contribution in [0.25, 0.3) is 0 Å². The molecule has 0 aromatic heterocycles. The summed E-state index contributed by atoms with van der Waals surface area (Å²) in [5, 5.41) is 13.0. The average Bonchev–Trinajstić information content (AvgIpc) is 1.98. The average molecular weight is 242 g/mol. The quantitative estimate of drug-likeness (QED) is 0.337. The zero-order valence-electron chi connectivity index (χ0n) is 7.06. The molecule has 0 spiro atoms. The fourth-order valence-corrected chi connectivity index (χ4v) is 1.05. The van der Waals surface area contributed by atoms with E-state index in [1.165, 1.54) is 0 Å². The summed E-state index contributed by atoms with van der Waals surface area (Å²) in [4.78, 5) is 10.1. The first-order chi connectivity index (χ1) is 6.31. The standard InChI is InChI=1S/C5H10N2O5S2/c8-4(9)3-7-5(13)6-1-2-14(10,11)12/h1-3H2,(H,8,9)(H2,6,7,13)(H,10,11,12). The number of carboxylic acid groups (broad SMARTS) is 1. The number of hydrogen-bond donors (Lipinski definition) is 4. The highest BCUT2D eigenvalue weighted by Crippen LogP contribution is 1.78. The van der Waals surface area contributed by atoms with E-state index in [1.54, 1.807) is 0 Å². The van der Waals surface area contributed by atoms with Gasteiger partial charge in [0.25, 0.3) is 10.1 Å². The first-order valence-electron chi connectivity index (χ1n) is 3.50. The van der Waals surface area contributed by atoms with Crippen molar-refractivity contribution < 1.29 is 22.9 Å². The number of rotatable bonds is 5. The van der Waals surface area contributed by atoms with Gasteiger partial charge in [0.1, 0.15) is 6.54 Å². The SMILES string of the molecule is O=C(O)CNC(=S)NCCS(=O)(=O)O. The third-order valence-electron chi connectivity index (χ3n) is 1.05. The van der Waals surface area contributed by atoms with Crippen molar-refractivity contribution in [2.45, 2.75) is 0 Å². The van der Waals surface area contributed by atoms with Crippen molar-refractivity contribution in [2.24, 2.45) is 0 Å². The van der Waals surface area contributed by atoms with Crippen molar-refractivity contribution in [2.75, 3.05) is 18.8 Å². The van der Waals surface area contributed by atoms with Gasteiger partial charge < -0.3 is 15.7 Å². The smallest absolute Gasteiger partial charge is 0.322 e. The number of hydrogen-bond acceptors (Lipinski definition) is 4. The van der Waals surface area contributed by atoms with Gasteiger partial charge in [0.15, 0.2) is 5.11 Å². The summed E-state index contributed by atoms with van der Waals surface area (Å²) >= 11 is 4.60. The summed E-state index contributed by atoms with van der Waals surface area (Å²) in [6.07, 6.45) is 0. The molecule has 0 aliphatic rings. The molecule has 0 heterocycles. The Kier molecular flexibility index (Phi) is 5.35. The predicted molar refractivity (Wildman–Crippen MR) is 52.7 cm³/mol. The Morgan fingerprint density at radius 1 is 1.36 bits per heavy atom. The molecule has 0 aromatic carbocycles. The predicted octanol–water partition coefficient (Wildman–Crippen LogP) is -1.58. The van der Waals surface area contributed by atoms with Gasteiger partial charge in [-0.2, -0.15) is 8.42 Å². The van der Waals surface area contributed by atoms with E-state index in [2.05, 4.69) is 22.9 Å². The Morgan fingerprint density at radius 2 is 1.93 bits per heavy atom. The van der Waals surface area contributed by atoms with Crippen molar-refractivity contribution in [3.05, 3.63) is 0 Å². The van der Waals surface area contributed by atoms with Gasteiger partial charge in [0.2, 0.25) is 0 Å². The van der Waals surface area contributed by atoms with Gasteiger partial charge in [-0.1, -0.05) is 0 Å². The monoisotopic (exact) mass is 242 g/mol. The van der Waals surface area contributed by atoms with Crippen molar-refractivity contribution in [3.8, 4) is 0 Å². The third-order valence-corrected chi connectivity index (χ3v) is 2.05. The molecule has 0 bridgehead atoms. The fourth-order valence-electron chi connectivity index (χ4n) is 0.512. The topological polar surface area (TPSA) is 116 Å². The van der Waals surface area contributed by atoms with Gasteiger partial charge in [0, 0.05) is 6.54 Å². The Labute approximate surface area is 86.2 Å². The minimum absolute atomic E-state index is 0.0241. The van der Waals surface area contributed by atoms with Crippen LogP contribution >= 0.6 is 12.2 Å². The fraction of sp³-hybridized carbons (Fsp3) is 0.600. The molecule has 0 atom stereocenters. The molecule has 0 aliphatic carbocycles. The highest BCUT2D eigenvalue weighted by atomic mass is 32.2. The van der Waals surface area contributed by atoms with Crippen LogP contribution in [0.3, 0.4) is 0 Å². The number of carbonyl (C=O) groups is 1. The van der Waals surface area contributed by atoms with Gasteiger partial charge in [-0.3, -0.25) is 9.35 Å². The molecule has 9 heteroatoms. The Balaban J connectivity index is 3.60. The van der Waals surface area contributed by atoms with Crippen LogP contribution in [-0.2, 0) is 14.9 Å². The van der Waals surface area contributed by atoms with Crippen molar-refractivity contribution in [1.82, 2.24) is 10.6 Å². The molecule has 0 saturated heterocycles. The number of nitrogens with one attached hydrogen (secondary N) is 2. The Morgan fingerprint density at radius 3 is 2.36 bits per heavy atom. The highest BCUT2D eigenvalue weighted by Gasteiger charge is 2.04. The number of carboxylic acids is 1. The second kappa shape index (κ2) is 5.73. The molecule has 0 fully saturated rings. The zero-order valence-corrected chi connectivity index (χ0v) is 8.69. The first kappa shape index (κ1) is 13.1. The minimum atomic E-state index is -4.02. The second-order valence-electron chi connectivity index (χ2n) is 2.29. The molecule has 7 nitrogen and oxygen atoms in total. The molecular weight excluding hydrogens is 232 g/mol. The maximum Gasteiger partial charge on any atom is 0.322 e. The lowest BCUT2D eigenvalue weighted by molar-refractivity contribution is -0.135. The molecular formula is C5H10N2O5S2. The molecule has 0 saturated carbocycles. The minimum Gasteiger partial charge on any atom is -0.480 e. The van der Waals surface area contributed by atoms with E-state index in [0.29, 0.717) is 0 Å². The van der Waals surface area contributed by atoms with E-state index in [0.717, 1.165) is 0 Å². The van der Waals surface area contributed by atoms with Crippen molar-refractivity contribution in [1.29, 1.82) is 0 Å². The van der Waals surface area contributed by atoms with Crippen LogP contribution < -0.4 is 10.6 Å². The lowest BCUT2D eigenvalue weighted by atomic mass is 10.6. The summed E-state index contributed by atoms with van der Waals surface area (Å²) in [7, 11) is -4.02. The number of aliphatic carboxylic acids is 1. The molecule has 4 N–H and O–H groups in total. The third kappa shape index (κ3) is 9.16. The van der Waals surface area contributed by atoms with E-state index in [-0.39, 0.29) is 18.2 Å². The summed E-state index contributed by atoms with van der Waals surface area (Å²) < 4.78 is 28.8. The van der Waals surface area contributed by atoms with Crippen molar-refractivity contribution in [3.63, 3.8) is 0 Å². The van der Waals surface area contributed by atoms with E-state index in [4.69, 9.17) is 9.66 Å².